The van der Waals surface area contributed by atoms with E-state index in [0.717, 1.165) is 4.90 Å². The quantitative estimate of drug-likeness (QED) is 0.468. The highest BCUT2D eigenvalue weighted by Crippen LogP contribution is 2.19. The van der Waals surface area contributed by atoms with Gasteiger partial charge in [0.25, 0.3) is 0 Å². The third-order valence-electron chi connectivity index (χ3n) is 4.43. The average molecular weight is 366 g/mol. The van der Waals surface area contributed by atoms with Crippen molar-refractivity contribution in [3.63, 3.8) is 0 Å². The fraction of sp³-hybridized carbons (Fsp3) is 0.562. The van der Waals surface area contributed by atoms with Gasteiger partial charge < -0.3 is 26.3 Å². The van der Waals surface area contributed by atoms with Crippen LogP contribution in [0.1, 0.15) is 34.1 Å². The van der Waals surface area contributed by atoms with E-state index in [2.05, 4.69) is 20.6 Å². The zero-order valence-electron chi connectivity index (χ0n) is 16.0. The molecule has 2 aliphatic rings. The number of nitrogens with one attached hydrogen (secondary N) is 3. The zero-order valence-corrected chi connectivity index (χ0v) is 14.0. The number of nitrogens with two attached hydrogens (primary N) is 1. The highest BCUT2D eigenvalue weighted by Gasteiger charge is 2.38. The molecular weight excluding hydrogens is 340 g/mol. The number of nitrogens with zero attached hydrogens (tertiary/aromatic N) is 2. The number of imidazole rings is 1. The predicted molar refractivity (Wildman–Crippen MR) is 89.3 cm³/mol. The summed E-state index contributed by atoms with van der Waals surface area (Å²) >= 11 is 0. The molecule has 10 heteroatoms. The zero-order chi connectivity index (χ0) is 20.4. The van der Waals surface area contributed by atoms with Crippen LogP contribution in [0.2, 0.25) is 0 Å². The molecule has 2 unspecified atom stereocenters. The second-order valence-electron chi connectivity index (χ2n) is 6.25. The van der Waals surface area contributed by atoms with Gasteiger partial charge >= 0.3 is 0 Å². The first-order valence-electron chi connectivity index (χ1n) is 9.45. The fourth-order valence-corrected chi connectivity index (χ4v) is 3.09. The van der Waals surface area contributed by atoms with Crippen LogP contribution in [0.15, 0.2) is 12.5 Å². The number of rotatable bonds is 6. The molecule has 2 saturated heterocycles. The molecule has 5 atom stereocenters. The smallest absolute Gasteiger partial charge is 0.246 e. The summed E-state index contributed by atoms with van der Waals surface area (Å²) in [6, 6.07) is -3.05. The molecule has 2 fully saturated rings. The number of aromatic nitrogens is 2. The third-order valence-corrected chi connectivity index (χ3v) is 4.43. The van der Waals surface area contributed by atoms with Gasteiger partial charge in [-0.05, 0) is 19.2 Å². The first-order valence-corrected chi connectivity index (χ1v) is 8.29. The number of amides is 4. The lowest BCUT2D eigenvalue weighted by Gasteiger charge is -2.28. The number of primary amides is 1. The van der Waals surface area contributed by atoms with Crippen LogP contribution < -0.4 is 16.4 Å². The van der Waals surface area contributed by atoms with Crippen LogP contribution in [-0.2, 0) is 25.6 Å². The molecule has 1 aromatic rings. The molecule has 0 aromatic carbocycles. The number of carbonyl (C=O) groups excluding carboxylic acids is 4. The minimum Gasteiger partial charge on any atom is -0.368 e. The van der Waals surface area contributed by atoms with Crippen LogP contribution >= 0.6 is 0 Å². The molecule has 3 rings (SSSR count). The Kier molecular flexibility index (Phi) is 4.45. The number of likely N-dealkylation sites (tertiary alicyclic amines) is 1. The maximum absolute atomic E-state index is 13.1. The van der Waals surface area contributed by atoms with E-state index in [-0.39, 0.29) is 25.3 Å². The molecule has 4 amide bonds. The molecule has 0 bridgehead atoms. The Morgan fingerprint density at radius 2 is 2.31 bits per heavy atom. The monoisotopic (exact) mass is 366 g/mol. The van der Waals surface area contributed by atoms with Crippen molar-refractivity contribution >= 4 is 23.6 Å². The van der Waals surface area contributed by atoms with E-state index < -0.39 is 48.6 Å². The molecular formula is C16H22N6O4. The predicted octanol–water partition coefficient (Wildman–Crippen LogP) is -1.81. The Hall–Kier alpha value is -2.91. The molecule has 1 aromatic heterocycles. The summed E-state index contributed by atoms with van der Waals surface area (Å²) in [6.45, 7) is -0.131. The number of hydrogen-bond acceptors (Lipinski definition) is 5. The summed E-state index contributed by atoms with van der Waals surface area (Å²) in [7, 11) is 0. The standard InChI is InChI=1S/C16H22N6O4/c17-14(24)12-2-1-5-22(12)16(26)11(6-9-7-18-8-19-9)21-15(25)10-3-4-13(23)20-10/h7-8,10-12H,1-6H2,(H2,17,24)(H,18,19)(H,20,23)(H,21,25)/t10-,11-,12-/m0/s1/i1T,2T/t1?,2?,10-,11-,12-. The summed E-state index contributed by atoms with van der Waals surface area (Å²) in [5, 5.41) is 5.15. The van der Waals surface area contributed by atoms with E-state index in [1.807, 2.05) is 0 Å². The maximum Gasteiger partial charge on any atom is 0.246 e. The molecule has 0 spiro atoms. The molecule has 2 aliphatic heterocycles. The first-order chi connectivity index (χ1) is 13.3. The SMILES string of the molecule is [3H]C1CN(C(=O)[C@H](Cc2c[nH]cn2)NC(=O)[C@@H]2CCC(=O)N2)[C@H](C(N)=O)C1[3H]. The Balaban J connectivity index is 1.79. The van der Waals surface area contributed by atoms with E-state index in [1.165, 1.54) is 6.33 Å². The number of hydrogen-bond donors (Lipinski definition) is 4. The second-order valence-corrected chi connectivity index (χ2v) is 6.25. The topological polar surface area (TPSA) is 150 Å². The van der Waals surface area contributed by atoms with Crippen LogP contribution in [0.4, 0.5) is 0 Å². The van der Waals surface area contributed by atoms with Crippen molar-refractivity contribution in [2.75, 3.05) is 6.54 Å². The molecule has 10 nitrogen and oxygen atoms in total. The normalized spacial score (nSPS) is 30.3. The summed E-state index contributed by atoms with van der Waals surface area (Å²) < 4.78 is 15.8. The highest BCUT2D eigenvalue weighted by atomic mass is 16.2. The Labute approximate surface area is 152 Å². The largest absolute Gasteiger partial charge is 0.368 e. The number of H-pyrrole nitrogens is 1. The molecule has 3 heterocycles. The molecule has 5 N–H and O–H groups in total. The van der Waals surface area contributed by atoms with E-state index in [0.29, 0.717) is 12.1 Å². The molecule has 0 radical (unpaired) electrons. The highest BCUT2D eigenvalue weighted by molar-refractivity contribution is 5.95. The summed E-state index contributed by atoms with van der Waals surface area (Å²) in [4.78, 5) is 56.6. The minimum atomic E-state index is -1.24. The van der Waals surface area contributed by atoms with Crippen LogP contribution in [0, 0.1) is 0 Å². The van der Waals surface area contributed by atoms with Gasteiger partial charge in [-0.1, -0.05) is 0 Å². The van der Waals surface area contributed by atoms with Crippen LogP contribution in [0.5, 0.6) is 0 Å². The van der Waals surface area contributed by atoms with Crippen molar-refractivity contribution in [2.45, 2.75) is 50.2 Å². The Morgan fingerprint density at radius 1 is 1.50 bits per heavy atom. The van der Waals surface area contributed by atoms with Gasteiger partial charge in [0.05, 0.1) is 12.0 Å². The van der Waals surface area contributed by atoms with Gasteiger partial charge in [0.2, 0.25) is 23.6 Å². The van der Waals surface area contributed by atoms with Crippen LogP contribution in [0.25, 0.3) is 0 Å². The lowest BCUT2D eigenvalue weighted by molar-refractivity contribution is -0.140. The number of carbonyl (C=O) groups is 4. The lowest BCUT2D eigenvalue weighted by atomic mass is 10.1. The van der Waals surface area contributed by atoms with Gasteiger partial charge in [-0.15, -0.1) is 0 Å². The molecule has 140 valence electrons. The van der Waals surface area contributed by atoms with Crippen molar-refractivity contribution in [1.29, 1.82) is 0 Å². The van der Waals surface area contributed by atoms with Crippen molar-refractivity contribution in [3.8, 4) is 0 Å². The summed E-state index contributed by atoms with van der Waals surface area (Å²) in [5.74, 6) is -2.23. The van der Waals surface area contributed by atoms with E-state index >= 15 is 0 Å². The van der Waals surface area contributed by atoms with Crippen molar-refractivity contribution in [1.82, 2.24) is 25.5 Å². The van der Waals surface area contributed by atoms with Crippen molar-refractivity contribution in [3.05, 3.63) is 18.2 Å². The average Bonchev–Trinajstić information content (AvgIpc) is 3.36. The van der Waals surface area contributed by atoms with Gasteiger partial charge in [-0.2, -0.15) is 0 Å². The fourth-order valence-electron chi connectivity index (χ4n) is 3.09. The molecule has 0 aliphatic carbocycles. The van der Waals surface area contributed by atoms with Crippen molar-refractivity contribution < 1.29 is 21.9 Å². The minimum absolute atomic E-state index is 0.0437. The second kappa shape index (κ2) is 7.54. The van der Waals surface area contributed by atoms with Gasteiger partial charge in [-0.25, -0.2) is 4.98 Å². The van der Waals surface area contributed by atoms with Gasteiger partial charge in [0.1, 0.15) is 18.1 Å². The molecule has 0 saturated carbocycles. The molecule has 26 heavy (non-hydrogen) atoms. The third kappa shape index (κ3) is 3.84. The van der Waals surface area contributed by atoms with Crippen LogP contribution in [-0.4, -0.2) is 63.2 Å². The Morgan fingerprint density at radius 3 is 2.92 bits per heavy atom. The van der Waals surface area contributed by atoms with Gasteiger partial charge in [-0.3, -0.25) is 19.2 Å². The summed E-state index contributed by atoms with van der Waals surface area (Å²) in [5.41, 5.74) is 5.85. The van der Waals surface area contributed by atoms with Crippen LogP contribution in [0.3, 0.4) is 0 Å². The maximum atomic E-state index is 13.1. The lowest BCUT2D eigenvalue weighted by Crippen LogP contribution is -2.56. The van der Waals surface area contributed by atoms with E-state index in [9.17, 15) is 19.2 Å². The first kappa shape index (κ1) is 15.4. The Bertz CT molecular complexity index is 773. The van der Waals surface area contributed by atoms with E-state index in [4.69, 9.17) is 8.48 Å². The number of aromatic amines is 1. The van der Waals surface area contributed by atoms with Gasteiger partial charge in [0.15, 0.2) is 0 Å². The van der Waals surface area contributed by atoms with Crippen molar-refractivity contribution in [2.24, 2.45) is 5.73 Å². The van der Waals surface area contributed by atoms with E-state index in [1.54, 1.807) is 6.20 Å². The van der Waals surface area contributed by atoms with Gasteiger partial charge in [0, 0.05) is 28.3 Å². The summed E-state index contributed by atoms with van der Waals surface area (Å²) in [6.07, 6.45) is 1.47.